The van der Waals surface area contributed by atoms with E-state index in [1.165, 1.54) is 39.1 Å². The maximum Gasteiger partial charge on any atom is 0.0970 e. The van der Waals surface area contributed by atoms with Gasteiger partial charge >= 0.3 is 0 Å². The Labute approximate surface area is 166 Å². The molecule has 0 amide bonds. The van der Waals surface area contributed by atoms with E-state index in [1.807, 2.05) is 11.8 Å². The van der Waals surface area contributed by atoms with E-state index in [9.17, 15) is 0 Å². The first-order valence-corrected chi connectivity index (χ1v) is 10.8. The second-order valence-electron chi connectivity index (χ2n) is 7.34. The molecule has 0 bridgehead atoms. The van der Waals surface area contributed by atoms with Crippen molar-refractivity contribution in [1.82, 2.24) is 9.78 Å². The van der Waals surface area contributed by atoms with Gasteiger partial charge in [0.1, 0.15) is 0 Å². The van der Waals surface area contributed by atoms with E-state index >= 15 is 0 Å². The lowest BCUT2D eigenvalue weighted by Gasteiger charge is -2.18. The molecule has 3 heteroatoms. The van der Waals surface area contributed by atoms with Crippen LogP contribution in [0, 0.1) is 13.8 Å². The molecule has 0 saturated heterocycles. The van der Waals surface area contributed by atoms with Crippen molar-refractivity contribution in [2.45, 2.75) is 39.5 Å². The number of aromatic nitrogens is 2. The van der Waals surface area contributed by atoms with Gasteiger partial charge in [-0.25, -0.2) is 0 Å². The number of benzene rings is 2. The number of rotatable bonds is 4. The summed E-state index contributed by atoms with van der Waals surface area (Å²) in [7, 11) is 0. The van der Waals surface area contributed by atoms with Crippen LogP contribution in [-0.2, 0) is 12.3 Å². The van der Waals surface area contributed by atoms with E-state index < -0.39 is 0 Å². The minimum Gasteiger partial charge on any atom is -0.264 e. The van der Waals surface area contributed by atoms with Gasteiger partial charge in [0.25, 0.3) is 0 Å². The van der Waals surface area contributed by atoms with Crippen LogP contribution in [-0.4, -0.2) is 15.5 Å². The number of nitrogens with zero attached hydrogens (tertiary/aromatic N) is 2. The van der Waals surface area contributed by atoms with Gasteiger partial charge in [-0.1, -0.05) is 66.6 Å². The molecule has 4 rings (SSSR count). The van der Waals surface area contributed by atoms with Gasteiger partial charge in [-0.3, -0.25) is 4.68 Å². The van der Waals surface area contributed by atoms with Crippen molar-refractivity contribution in [2.75, 3.05) is 5.75 Å². The lowest BCUT2D eigenvalue weighted by molar-refractivity contribution is 0.597. The number of fused-ring (bicyclic) bond motifs is 1. The fourth-order valence-electron chi connectivity index (χ4n) is 3.62. The van der Waals surface area contributed by atoms with Gasteiger partial charge in [0.15, 0.2) is 0 Å². The fraction of sp³-hybridized carbons (Fsp3) is 0.292. The summed E-state index contributed by atoms with van der Waals surface area (Å²) in [5.74, 6) is 2.08. The van der Waals surface area contributed by atoms with E-state index in [0.717, 1.165) is 30.2 Å². The molecule has 0 atom stereocenters. The predicted molar refractivity (Wildman–Crippen MR) is 118 cm³/mol. The highest BCUT2D eigenvalue weighted by Crippen LogP contribution is 2.39. The molecule has 0 saturated carbocycles. The molecule has 1 aromatic heterocycles. The SMILES string of the molecule is CCCn1nc(-c2ccc(C)cc2)c2c1/C(=C/c1ccc(C)cc1)CSC2. The first kappa shape index (κ1) is 18.1. The molecule has 0 fully saturated rings. The molecule has 0 radical (unpaired) electrons. The van der Waals surface area contributed by atoms with Crippen LogP contribution in [0.1, 0.15) is 41.3 Å². The second kappa shape index (κ2) is 7.77. The molecule has 0 spiro atoms. The van der Waals surface area contributed by atoms with Crippen molar-refractivity contribution in [3.63, 3.8) is 0 Å². The first-order chi connectivity index (χ1) is 13.2. The predicted octanol–water partition coefficient (Wildman–Crippen LogP) is 6.36. The highest BCUT2D eigenvalue weighted by Gasteiger charge is 2.25. The van der Waals surface area contributed by atoms with E-state index in [0.29, 0.717) is 0 Å². The number of hydrogen-bond acceptors (Lipinski definition) is 2. The summed E-state index contributed by atoms with van der Waals surface area (Å²) in [4.78, 5) is 0. The van der Waals surface area contributed by atoms with Crippen molar-refractivity contribution in [3.05, 3.63) is 76.5 Å². The fourth-order valence-corrected chi connectivity index (χ4v) is 4.64. The molecule has 1 aliphatic rings. The molecule has 1 aliphatic heterocycles. The zero-order valence-electron chi connectivity index (χ0n) is 16.3. The van der Waals surface area contributed by atoms with E-state index in [2.05, 4.69) is 80.1 Å². The lowest BCUT2D eigenvalue weighted by atomic mass is 10.0. The summed E-state index contributed by atoms with van der Waals surface area (Å²) >= 11 is 1.99. The molecule has 138 valence electrons. The largest absolute Gasteiger partial charge is 0.264 e. The first-order valence-electron chi connectivity index (χ1n) is 9.68. The summed E-state index contributed by atoms with van der Waals surface area (Å²) in [6, 6.07) is 17.6. The highest BCUT2D eigenvalue weighted by atomic mass is 32.2. The average molecular weight is 375 g/mol. The van der Waals surface area contributed by atoms with E-state index in [1.54, 1.807) is 0 Å². The summed E-state index contributed by atoms with van der Waals surface area (Å²) in [5.41, 5.74) is 10.4. The van der Waals surface area contributed by atoms with Crippen molar-refractivity contribution in [2.24, 2.45) is 0 Å². The topological polar surface area (TPSA) is 17.8 Å². The Morgan fingerprint density at radius 3 is 2.30 bits per heavy atom. The van der Waals surface area contributed by atoms with Crippen molar-refractivity contribution >= 4 is 23.4 Å². The Balaban J connectivity index is 1.83. The molecule has 3 aromatic rings. The number of hydrogen-bond donors (Lipinski definition) is 0. The quantitative estimate of drug-likeness (QED) is 0.528. The Morgan fingerprint density at radius 2 is 1.63 bits per heavy atom. The monoisotopic (exact) mass is 374 g/mol. The Hall–Kier alpha value is -2.26. The molecule has 0 unspecified atom stereocenters. The Morgan fingerprint density at radius 1 is 0.963 bits per heavy atom. The third-order valence-electron chi connectivity index (χ3n) is 5.04. The standard InChI is InChI=1S/C24H26N2S/c1-4-13-26-24-21(14-19-9-5-17(2)6-10-19)15-27-16-22(24)23(25-26)20-11-7-18(3)8-12-20/h5-12,14H,4,13,15-16H2,1-3H3/b21-14+. The van der Waals surface area contributed by atoms with Crippen LogP contribution in [0.5, 0.6) is 0 Å². The van der Waals surface area contributed by atoms with Gasteiger partial charge in [-0.15, -0.1) is 0 Å². The zero-order chi connectivity index (χ0) is 18.8. The number of thioether (sulfide) groups is 1. The summed E-state index contributed by atoms with van der Waals surface area (Å²) in [6.45, 7) is 7.45. The molecule has 27 heavy (non-hydrogen) atoms. The second-order valence-corrected chi connectivity index (χ2v) is 8.32. The van der Waals surface area contributed by atoms with Crippen molar-refractivity contribution < 1.29 is 0 Å². The van der Waals surface area contributed by atoms with Crippen molar-refractivity contribution in [1.29, 1.82) is 0 Å². The van der Waals surface area contributed by atoms with Crippen molar-refractivity contribution in [3.8, 4) is 11.3 Å². The third kappa shape index (κ3) is 3.74. The zero-order valence-corrected chi connectivity index (χ0v) is 17.1. The van der Waals surface area contributed by atoms with E-state index in [-0.39, 0.29) is 0 Å². The van der Waals surface area contributed by atoms with Crippen LogP contribution in [0.3, 0.4) is 0 Å². The summed E-state index contributed by atoms with van der Waals surface area (Å²) < 4.78 is 2.24. The van der Waals surface area contributed by atoms with Gasteiger partial charge in [0.2, 0.25) is 0 Å². The van der Waals surface area contributed by atoms with Gasteiger partial charge in [0, 0.05) is 29.2 Å². The Kier molecular flexibility index (Phi) is 5.22. The smallest absolute Gasteiger partial charge is 0.0970 e. The van der Waals surface area contributed by atoms with E-state index in [4.69, 9.17) is 5.10 Å². The number of aryl methyl sites for hydroxylation is 3. The lowest BCUT2D eigenvalue weighted by Crippen LogP contribution is -2.09. The summed E-state index contributed by atoms with van der Waals surface area (Å²) in [5, 5.41) is 5.05. The minimum atomic E-state index is 0.962. The maximum atomic E-state index is 5.05. The normalized spacial score (nSPS) is 15.1. The summed E-state index contributed by atoms with van der Waals surface area (Å²) in [6.07, 6.45) is 3.43. The van der Waals surface area contributed by atoms with Gasteiger partial charge in [-0.05, 0) is 37.5 Å². The molecule has 2 heterocycles. The van der Waals surface area contributed by atoms with Gasteiger partial charge in [0.05, 0.1) is 11.4 Å². The maximum absolute atomic E-state index is 5.05. The molecule has 2 nitrogen and oxygen atoms in total. The van der Waals surface area contributed by atoms with Crippen LogP contribution in [0.4, 0.5) is 0 Å². The van der Waals surface area contributed by atoms with Gasteiger partial charge in [-0.2, -0.15) is 16.9 Å². The van der Waals surface area contributed by atoms with Crippen LogP contribution >= 0.6 is 11.8 Å². The third-order valence-corrected chi connectivity index (χ3v) is 6.05. The molecule has 0 N–H and O–H groups in total. The molecule has 0 aliphatic carbocycles. The van der Waals surface area contributed by atoms with Crippen LogP contribution < -0.4 is 0 Å². The molecular weight excluding hydrogens is 348 g/mol. The van der Waals surface area contributed by atoms with Crippen LogP contribution in [0.2, 0.25) is 0 Å². The minimum absolute atomic E-state index is 0.962. The average Bonchev–Trinajstić information content (AvgIpc) is 3.04. The molecular formula is C24H26N2S. The molecule has 2 aromatic carbocycles. The van der Waals surface area contributed by atoms with Crippen LogP contribution in [0.25, 0.3) is 22.9 Å². The highest BCUT2D eigenvalue weighted by molar-refractivity contribution is 7.99. The van der Waals surface area contributed by atoms with Gasteiger partial charge < -0.3 is 0 Å². The van der Waals surface area contributed by atoms with Crippen LogP contribution in [0.15, 0.2) is 48.5 Å². The Bertz CT molecular complexity index is 963.